The Morgan fingerprint density at radius 1 is 1.03 bits per heavy atom. The fraction of sp³-hybridized carbons (Fsp3) is 0.448. The van der Waals surface area contributed by atoms with Crippen molar-refractivity contribution in [3.63, 3.8) is 0 Å². The maximum absolute atomic E-state index is 13.3. The Hall–Kier alpha value is -3.92. The Bertz CT molecular complexity index is 1460. The molecule has 10 heteroatoms. The lowest BCUT2D eigenvalue weighted by Crippen LogP contribution is -2.39. The van der Waals surface area contributed by atoms with Gasteiger partial charge in [0.05, 0.1) is 39.4 Å². The quantitative estimate of drug-likeness (QED) is 0.301. The summed E-state index contributed by atoms with van der Waals surface area (Å²) in [7, 11) is 4.86. The topological polar surface area (TPSA) is 107 Å². The minimum absolute atomic E-state index is 0.0400. The number of methoxy groups -OCH3 is 3. The van der Waals surface area contributed by atoms with Crippen molar-refractivity contribution in [2.45, 2.75) is 64.2 Å². The molecule has 5 rings (SSSR count). The van der Waals surface area contributed by atoms with Gasteiger partial charge in [0.2, 0.25) is 0 Å². The summed E-state index contributed by atoms with van der Waals surface area (Å²) in [5.41, 5.74) is 2.39. The number of hydrogen-bond donors (Lipinski definition) is 1. The number of H-pyrrole nitrogens is 1. The molecule has 1 N–H and O–H groups in total. The van der Waals surface area contributed by atoms with Gasteiger partial charge in [-0.1, -0.05) is 31.9 Å². The summed E-state index contributed by atoms with van der Waals surface area (Å²) in [4.78, 5) is 18.8. The number of rotatable bonds is 11. The molecule has 0 saturated heterocycles. The standard InChI is InChI=1S/C29H36N6O4/c1-5-25(28-31-32-33-35(28)17-19-10-12-23(37-2)13-11-19)34(22-8-6-7-9-22)18-21-14-20-15-26(38-3)27(39-4)16-24(20)30-29(21)36/h10-16,22,25H,5-9,17-18H2,1-4H3,(H,30,36)/t25-/m1/s1. The summed E-state index contributed by atoms with van der Waals surface area (Å²) in [5.74, 6) is 2.82. The number of nitrogens with one attached hydrogen (secondary N) is 1. The fourth-order valence-electron chi connectivity index (χ4n) is 5.65. The molecule has 1 atom stereocenters. The highest BCUT2D eigenvalue weighted by Gasteiger charge is 2.32. The van der Waals surface area contributed by atoms with E-state index in [0.717, 1.165) is 41.8 Å². The van der Waals surface area contributed by atoms with Crippen LogP contribution in [0.1, 0.15) is 62.0 Å². The van der Waals surface area contributed by atoms with Crippen molar-refractivity contribution in [1.82, 2.24) is 30.1 Å². The maximum atomic E-state index is 13.3. The summed E-state index contributed by atoms with van der Waals surface area (Å²) >= 11 is 0. The van der Waals surface area contributed by atoms with E-state index in [1.807, 2.05) is 41.1 Å². The monoisotopic (exact) mass is 532 g/mol. The maximum Gasteiger partial charge on any atom is 0.252 e. The van der Waals surface area contributed by atoms with E-state index in [1.165, 1.54) is 12.8 Å². The average Bonchev–Trinajstić information content (AvgIpc) is 3.66. The van der Waals surface area contributed by atoms with Crippen molar-refractivity contribution in [3.8, 4) is 17.2 Å². The first-order valence-electron chi connectivity index (χ1n) is 13.5. The Kier molecular flexibility index (Phi) is 8.11. The van der Waals surface area contributed by atoms with E-state index in [2.05, 4.69) is 32.3 Å². The smallest absolute Gasteiger partial charge is 0.252 e. The first-order chi connectivity index (χ1) is 19.0. The van der Waals surface area contributed by atoms with E-state index in [1.54, 1.807) is 27.4 Å². The molecule has 2 aromatic carbocycles. The van der Waals surface area contributed by atoms with Crippen LogP contribution in [0.2, 0.25) is 0 Å². The number of nitrogens with zero attached hydrogens (tertiary/aromatic N) is 5. The molecular weight excluding hydrogens is 496 g/mol. The van der Waals surface area contributed by atoms with Crippen molar-refractivity contribution < 1.29 is 14.2 Å². The highest BCUT2D eigenvalue weighted by molar-refractivity contribution is 5.83. The Morgan fingerprint density at radius 3 is 2.41 bits per heavy atom. The van der Waals surface area contributed by atoms with Gasteiger partial charge in [0, 0.05) is 29.6 Å². The SMILES string of the molecule is CC[C@H](c1nnnn1Cc1ccc(OC)cc1)N(Cc1cc2cc(OC)c(OC)cc2[nH]c1=O)C1CCCC1. The van der Waals surface area contributed by atoms with Crippen molar-refractivity contribution >= 4 is 10.9 Å². The zero-order chi connectivity index (χ0) is 27.4. The molecular formula is C29H36N6O4. The van der Waals surface area contributed by atoms with Gasteiger partial charge in [-0.2, -0.15) is 0 Å². The van der Waals surface area contributed by atoms with Crippen molar-refractivity contribution in [2.24, 2.45) is 0 Å². The lowest BCUT2D eigenvalue weighted by Gasteiger charge is -2.35. The molecule has 1 fully saturated rings. The summed E-state index contributed by atoms with van der Waals surface area (Å²) in [5, 5.41) is 13.8. The molecule has 0 amide bonds. The second-order valence-electron chi connectivity index (χ2n) is 10.00. The lowest BCUT2D eigenvalue weighted by molar-refractivity contribution is 0.112. The van der Waals surface area contributed by atoms with Gasteiger partial charge in [0.25, 0.3) is 5.56 Å². The van der Waals surface area contributed by atoms with Gasteiger partial charge in [0.1, 0.15) is 5.75 Å². The first kappa shape index (κ1) is 26.7. The second kappa shape index (κ2) is 11.9. The van der Waals surface area contributed by atoms with Crippen LogP contribution in [-0.2, 0) is 13.1 Å². The van der Waals surface area contributed by atoms with Crippen LogP contribution in [0.5, 0.6) is 17.2 Å². The van der Waals surface area contributed by atoms with E-state index < -0.39 is 0 Å². The molecule has 0 spiro atoms. The molecule has 2 heterocycles. The molecule has 10 nitrogen and oxygen atoms in total. The minimum Gasteiger partial charge on any atom is -0.497 e. The van der Waals surface area contributed by atoms with Crippen LogP contribution in [0.3, 0.4) is 0 Å². The predicted molar refractivity (Wildman–Crippen MR) is 148 cm³/mol. The molecule has 1 saturated carbocycles. The van der Waals surface area contributed by atoms with E-state index in [9.17, 15) is 4.79 Å². The van der Waals surface area contributed by atoms with Crippen LogP contribution < -0.4 is 19.8 Å². The number of pyridine rings is 1. The summed E-state index contributed by atoms with van der Waals surface area (Å²) in [6.07, 6.45) is 5.36. The summed E-state index contributed by atoms with van der Waals surface area (Å²) in [6.45, 7) is 3.21. The molecule has 0 aliphatic heterocycles. The number of ether oxygens (including phenoxy) is 3. The van der Waals surface area contributed by atoms with Gasteiger partial charge in [-0.05, 0) is 59.5 Å². The number of tetrazole rings is 1. The molecule has 1 aliphatic carbocycles. The number of aromatic amines is 1. The highest BCUT2D eigenvalue weighted by Crippen LogP contribution is 2.35. The number of aromatic nitrogens is 5. The Labute approximate surface area is 227 Å². The molecule has 0 bridgehead atoms. The fourth-order valence-corrected chi connectivity index (χ4v) is 5.65. The average molecular weight is 533 g/mol. The number of benzene rings is 2. The van der Waals surface area contributed by atoms with Gasteiger partial charge >= 0.3 is 0 Å². The van der Waals surface area contributed by atoms with Gasteiger partial charge < -0.3 is 19.2 Å². The molecule has 206 valence electrons. The van der Waals surface area contributed by atoms with Crippen LogP contribution in [-0.4, -0.2) is 57.5 Å². The van der Waals surface area contributed by atoms with Gasteiger partial charge in [-0.3, -0.25) is 9.69 Å². The normalized spacial score (nSPS) is 14.7. The van der Waals surface area contributed by atoms with Crippen molar-refractivity contribution in [1.29, 1.82) is 0 Å². The molecule has 0 radical (unpaired) electrons. The van der Waals surface area contributed by atoms with Crippen LogP contribution in [0.15, 0.2) is 47.3 Å². The van der Waals surface area contributed by atoms with Gasteiger partial charge in [-0.25, -0.2) is 4.68 Å². The molecule has 39 heavy (non-hydrogen) atoms. The third kappa shape index (κ3) is 5.61. The van der Waals surface area contributed by atoms with Crippen LogP contribution in [0.4, 0.5) is 0 Å². The zero-order valence-electron chi connectivity index (χ0n) is 23.0. The molecule has 2 aromatic heterocycles. The van der Waals surface area contributed by atoms with Gasteiger partial charge in [0.15, 0.2) is 17.3 Å². The number of fused-ring (bicyclic) bond motifs is 1. The Morgan fingerprint density at radius 2 is 1.74 bits per heavy atom. The highest BCUT2D eigenvalue weighted by atomic mass is 16.5. The largest absolute Gasteiger partial charge is 0.497 e. The lowest BCUT2D eigenvalue weighted by atomic mass is 10.0. The third-order valence-electron chi connectivity index (χ3n) is 7.71. The Balaban J connectivity index is 1.48. The number of hydrogen-bond acceptors (Lipinski definition) is 8. The van der Waals surface area contributed by atoms with Crippen molar-refractivity contribution in [2.75, 3.05) is 21.3 Å². The van der Waals surface area contributed by atoms with Crippen LogP contribution in [0.25, 0.3) is 10.9 Å². The first-order valence-corrected chi connectivity index (χ1v) is 13.5. The molecule has 0 unspecified atom stereocenters. The van der Waals surface area contributed by atoms with Crippen molar-refractivity contribution in [3.05, 3.63) is 69.8 Å². The van der Waals surface area contributed by atoms with Crippen LogP contribution >= 0.6 is 0 Å². The van der Waals surface area contributed by atoms with E-state index in [0.29, 0.717) is 41.7 Å². The minimum atomic E-state index is -0.106. The van der Waals surface area contributed by atoms with E-state index >= 15 is 0 Å². The summed E-state index contributed by atoms with van der Waals surface area (Å²) in [6, 6.07) is 13.9. The molecule has 1 aliphatic rings. The predicted octanol–water partition coefficient (Wildman–Crippen LogP) is 4.48. The van der Waals surface area contributed by atoms with E-state index in [4.69, 9.17) is 14.2 Å². The zero-order valence-corrected chi connectivity index (χ0v) is 23.0. The van der Waals surface area contributed by atoms with E-state index in [-0.39, 0.29) is 11.6 Å². The summed E-state index contributed by atoms with van der Waals surface area (Å²) < 4.78 is 18.1. The third-order valence-corrected chi connectivity index (χ3v) is 7.71. The van der Waals surface area contributed by atoms with Gasteiger partial charge in [-0.15, -0.1) is 5.10 Å². The molecule has 4 aromatic rings. The van der Waals surface area contributed by atoms with Crippen LogP contribution in [0, 0.1) is 0 Å². The second-order valence-corrected chi connectivity index (χ2v) is 10.00.